The average Bonchev–Trinajstić information content (AvgIpc) is 3.52. The van der Waals surface area contributed by atoms with Crippen LogP contribution in [0.1, 0.15) is 58.6 Å². The molecular weight excluding hydrogens is 352 g/mol. The number of benzene rings is 1. The van der Waals surface area contributed by atoms with Gasteiger partial charge in [0.25, 0.3) is 5.91 Å². The van der Waals surface area contributed by atoms with Crippen molar-refractivity contribution in [1.29, 1.82) is 0 Å². The first-order chi connectivity index (χ1) is 13.8. The Hall–Kier alpha value is -2.47. The number of hydrogen-bond donors (Lipinski definition) is 1. The summed E-state index contributed by atoms with van der Waals surface area (Å²) >= 11 is 0. The highest BCUT2D eigenvalue weighted by Crippen LogP contribution is 2.41. The van der Waals surface area contributed by atoms with E-state index in [0.29, 0.717) is 24.3 Å². The number of carbonyl (C=O) groups excluding carboxylic acids is 1. The molecule has 1 N–H and O–H groups in total. The number of carbonyl (C=O) groups is 1. The number of hydrogen-bond acceptors (Lipinski definition) is 5. The van der Waals surface area contributed by atoms with Gasteiger partial charge in [0.2, 0.25) is 5.95 Å². The molecule has 6 nitrogen and oxygen atoms in total. The van der Waals surface area contributed by atoms with Crippen molar-refractivity contribution in [3.63, 3.8) is 0 Å². The lowest BCUT2D eigenvalue weighted by molar-refractivity contribution is 0.0368. The average molecular weight is 378 g/mol. The van der Waals surface area contributed by atoms with Crippen molar-refractivity contribution in [2.45, 2.75) is 50.5 Å². The summed E-state index contributed by atoms with van der Waals surface area (Å²) in [6.45, 7) is 1.79. The van der Waals surface area contributed by atoms with Gasteiger partial charge >= 0.3 is 0 Å². The van der Waals surface area contributed by atoms with E-state index >= 15 is 0 Å². The Labute approximate surface area is 165 Å². The van der Waals surface area contributed by atoms with Crippen molar-refractivity contribution >= 4 is 11.9 Å². The van der Waals surface area contributed by atoms with Crippen LogP contribution in [-0.4, -0.2) is 46.7 Å². The highest BCUT2D eigenvalue weighted by Gasteiger charge is 2.27. The molecule has 1 unspecified atom stereocenters. The fourth-order valence-electron chi connectivity index (χ4n) is 4.20. The molecule has 2 aromatic rings. The third-order valence-corrected chi connectivity index (χ3v) is 5.94. The predicted molar refractivity (Wildman–Crippen MR) is 106 cm³/mol. The molecule has 28 heavy (non-hydrogen) atoms. The maximum Gasteiger partial charge on any atom is 0.258 e. The predicted octanol–water partition coefficient (Wildman–Crippen LogP) is 3.14. The van der Waals surface area contributed by atoms with Gasteiger partial charge in [-0.3, -0.25) is 4.79 Å². The fraction of sp³-hybridized carbons (Fsp3) is 0.500. The molecule has 0 spiro atoms. The van der Waals surface area contributed by atoms with E-state index in [4.69, 9.17) is 4.74 Å². The number of rotatable bonds is 4. The van der Waals surface area contributed by atoms with Gasteiger partial charge in [0, 0.05) is 31.6 Å². The van der Waals surface area contributed by atoms with Gasteiger partial charge in [-0.15, -0.1) is 0 Å². The van der Waals surface area contributed by atoms with E-state index in [-0.39, 0.29) is 5.91 Å². The smallest absolute Gasteiger partial charge is 0.258 e. The molecule has 1 aromatic heterocycles. The van der Waals surface area contributed by atoms with Gasteiger partial charge in [-0.1, -0.05) is 18.2 Å². The lowest BCUT2D eigenvalue weighted by Crippen LogP contribution is -2.33. The number of anilines is 1. The Balaban J connectivity index is 1.21. The Morgan fingerprint density at radius 1 is 1.11 bits per heavy atom. The van der Waals surface area contributed by atoms with Crippen LogP contribution in [0.15, 0.2) is 30.6 Å². The maximum atomic E-state index is 12.6. The quantitative estimate of drug-likeness (QED) is 0.885. The minimum absolute atomic E-state index is 0.0608. The Morgan fingerprint density at radius 3 is 2.75 bits per heavy atom. The maximum absolute atomic E-state index is 12.6. The molecule has 5 rings (SSSR count). The molecule has 146 valence electrons. The summed E-state index contributed by atoms with van der Waals surface area (Å²) in [4.78, 5) is 23.1. The number of nitrogens with zero attached hydrogens (tertiary/aromatic N) is 3. The van der Waals surface area contributed by atoms with E-state index in [1.807, 2.05) is 0 Å². The molecule has 2 heterocycles. The van der Waals surface area contributed by atoms with Crippen LogP contribution in [0.4, 0.5) is 5.95 Å². The number of nitrogens with one attached hydrogen (secondary N) is 1. The highest BCUT2D eigenvalue weighted by atomic mass is 16.5. The number of amides is 1. The van der Waals surface area contributed by atoms with Crippen LogP contribution in [0, 0.1) is 0 Å². The SMILES string of the molecule is O=C(c1cnc(NC2Cc3ccc(C4CC4)cc3C2)nc1)N1CCCCOC1. The lowest BCUT2D eigenvalue weighted by Gasteiger charge is -2.19. The summed E-state index contributed by atoms with van der Waals surface area (Å²) < 4.78 is 5.47. The van der Waals surface area contributed by atoms with E-state index in [1.54, 1.807) is 17.3 Å². The standard InChI is InChI=1S/C22H26N4O2/c27-21(26-7-1-2-8-28-14-26)19-12-23-22(24-13-19)25-20-10-17-6-5-16(15-3-4-15)9-18(17)11-20/h5-6,9,12-13,15,20H,1-4,7-8,10-11,14H2,(H,23,24,25). The van der Waals surface area contributed by atoms with Crippen LogP contribution in [-0.2, 0) is 17.6 Å². The van der Waals surface area contributed by atoms with Crippen LogP contribution < -0.4 is 5.32 Å². The van der Waals surface area contributed by atoms with Crippen molar-refractivity contribution in [1.82, 2.24) is 14.9 Å². The van der Waals surface area contributed by atoms with Gasteiger partial charge < -0.3 is 15.0 Å². The molecule has 2 aliphatic carbocycles. The number of ether oxygens (including phenoxy) is 1. The molecule has 2 fully saturated rings. The molecule has 1 amide bonds. The summed E-state index contributed by atoms with van der Waals surface area (Å²) in [6.07, 6.45) is 9.88. The van der Waals surface area contributed by atoms with Crippen molar-refractivity contribution in [3.8, 4) is 0 Å². The zero-order chi connectivity index (χ0) is 18.9. The van der Waals surface area contributed by atoms with Gasteiger partial charge in [0.05, 0.1) is 5.56 Å². The fourth-order valence-corrected chi connectivity index (χ4v) is 4.20. The second kappa shape index (κ2) is 7.51. The van der Waals surface area contributed by atoms with Crippen molar-refractivity contribution in [3.05, 3.63) is 52.8 Å². The monoisotopic (exact) mass is 378 g/mol. The van der Waals surface area contributed by atoms with Gasteiger partial charge in [0.15, 0.2) is 0 Å². The zero-order valence-electron chi connectivity index (χ0n) is 16.1. The Morgan fingerprint density at radius 2 is 1.93 bits per heavy atom. The van der Waals surface area contributed by atoms with Crippen LogP contribution in [0.3, 0.4) is 0 Å². The molecule has 3 aliphatic rings. The normalized spacial score (nSPS) is 21.9. The molecule has 0 radical (unpaired) electrons. The van der Waals surface area contributed by atoms with Gasteiger partial charge in [0.1, 0.15) is 6.73 Å². The Kier molecular flexibility index (Phi) is 4.72. The molecule has 1 atom stereocenters. The molecule has 6 heteroatoms. The minimum atomic E-state index is -0.0608. The third kappa shape index (κ3) is 3.74. The molecular formula is C22H26N4O2. The molecule has 1 saturated carbocycles. The first kappa shape index (κ1) is 17.6. The summed E-state index contributed by atoms with van der Waals surface area (Å²) in [5.41, 5.74) is 4.89. The van der Waals surface area contributed by atoms with Crippen LogP contribution >= 0.6 is 0 Å². The van der Waals surface area contributed by atoms with Crippen molar-refractivity contribution in [2.75, 3.05) is 25.2 Å². The molecule has 1 aromatic carbocycles. The van der Waals surface area contributed by atoms with Crippen LogP contribution in [0.2, 0.25) is 0 Å². The second-order valence-corrected chi connectivity index (χ2v) is 8.16. The Bertz CT molecular complexity index is 855. The van der Waals surface area contributed by atoms with Gasteiger partial charge in [-0.05, 0) is 61.1 Å². The second-order valence-electron chi connectivity index (χ2n) is 8.16. The van der Waals surface area contributed by atoms with Crippen molar-refractivity contribution in [2.24, 2.45) is 0 Å². The highest BCUT2D eigenvalue weighted by molar-refractivity contribution is 5.93. The van der Waals surface area contributed by atoms with Crippen LogP contribution in [0.25, 0.3) is 0 Å². The number of fused-ring (bicyclic) bond motifs is 1. The lowest BCUT2D eigenvalue weighted by atomic mass is 10.0. The van der Waals surface area contributed by atoms with Crippen LogP contribution in [0.5, 0.6) is 0 Å². The number of aromatic nitrogens is 2. The topological polar surface area (TPSA) is 67.4 Å². The summed E-state index contributed by atoms with van der Waals surface area (Å²) in [5, 5.41) is 3.44. The first-order valence-corrected chi connectivity index (χ1v) is 10.3. The van der Waals surface area contributed by atoms with E-state index < -0.39 is 0 Å². The molecule has 0 bridgehead atoms. The summed E-state index contributed by atoms with van der Waals surface area (Å²) in [6, 6.07) is 7.28. The minimum Gasteiger partial charge on any atom is -0.361 e. The molecule has 1 saturated heterocycles. The van der Waals surface area contributed by atoms with Crippen molar-refractivity contribution < 1.29 is 9.53 Å². The summed E-state index contributed by atoms with van der Waals surface area (Å²) in [7, 11) is 0. The largest absolute Gasteiger partial charge is 0.361 e. The molecule has 1 aliphatic heterocycles. The van der Waals surface area contributed by atoms with E-state index in [2.05, 4.69) is 33.5 Å². The van der Waals surface area contributed by atoms with E-state index in [9.17, 15) is 4.79 Å². The van der Waals surface area contributed by atoms with Gasteiger partial charge in [-0.25, -0.2) is 9.97 Å². The first-order valence-electron chi connectivity index (χ1n) is 10.3. The summed E-state index contributed by atoms with van der Waals surface area (Å²) in [5.74, 6) is 1.32. The van der Waals surface area contributed by atoms with E-state index in [0.717, 1.165) is 44.8 Å². The van der Waals surface area contributed by atoms with E-state index in [1.165, 1.54) is 29.5 Å². The van der Waals surface area contributed by atoms with Gasteiger partial charge in [-0.2, -0.15) is 0 Å². The third-order valence-electron chi connectivity index (χ3n) is 5.94. The zero-order valence-corrected chi connectivity index (χ0v) is 16.1.